The molecule has 0 saturated carbocycles. The number of hydrogen-bond donors (Lipinski definition) is 0. The van der Waals surface area contributed by atoms with Crippen LogP contribution in [0.3, 0.4) is 0 Å². The van der Waals surface area contributed by atoms with Crippen molar-refractivity contribution in [2.24, 2.45) is 0 Å². The zero-order valence-corrected chi connectivity index (χ0v) is 10.1. The monoisotopic (exact) mass is 238 g/mol. The van der Waals surface area contributed by atoms with E-state index in [9.17, 15) is 4.79 Å². The largest absolute Gasteiger partial charge is 0.378 e. The summed E-state index contributed by atoms with van der Waals surface area (Å²) in [6.45, 7) is 4.42. The van der Waals surface area contributed by atoms with Crippen molar-refractivity contribution in [3.05, 3.63) is 11.4 Å². The first kappa shape index (κ1) is 12.2. The van der Waals surface area contributed by atoms with E-state index in [0.29, 0.717) is 12.3 Å². The van der Waals surface area contributed by atoms with Crippen LogP contribution in [0.15, 0.2) is 0 Å². The summed E-state index contributed by atoms with van der Waals surface area (Å²) >= 11 is 0. The molecule has 2 rings (SSSR count). The van der Waals surface area contributed by atoms with E-state index in [2.05, 4.69) is 15.2 Å². The van der Waals surface area contributed by atoms with Crippen molar-refractivity contribution >= 4 is 6.29 Å². The van der Waals surface area contributed by atoms with Crippen LogP contribution in [0.2, 0.25) is 0 Å². The van der Waals surface area contributed by atoms with E-state index >= 15 is 0 Å². The van der Waals surface area contributed by atoms with E-state index < -0.39 is 0 Å². The molecule has 0 unspecified atom stereocenters. The predicted molar refractivity (Wildman–Crippen MR) is 61.8 cm³/mol. The van der Waals surface area contributed by atoms with E-state index in [0.717, 1.165) is 38.2 Å². The number of nitrogens with zero attached hydrogens (tertiary/aromatic N) is 4. The minimum atomic E-state index is 0.376. The Balaban J connectivity index is 1.98. The number of aldehydes is 1. The lowest BCUT2D eigenvalue weighted by Gasteiger charge is -2.14. The summed E-state index contributed by atoms with van der Waals surface area (Å²) in [5, 5.41) is 7.84. The van der Waals surface area contributed by atoms with Gasteiger partial charge in [0.15, 0.2) is 12.0 Å². The fraction of sp³-hybridized carbons (Fsp3) is 0.727. The summed E-state index contributed by atoms with van der Waals surface area (Å²) in [7, 11) is 1.60. The zero-order chi connectivity index (χ0) is 12.1. The van der Waals surface area contributed by atoms with Gasteiger partial charge in [0.25, 0.3) is 0 Å². The number of ether oxygens (including phenoxy) is 1. The zero-order valence-electron chi connectivity index (χ0n) is 10.1. The molecule has 0 spiro atoms. The van der Waals surface area contributed by atoms with Crippen LogP contribution in [0.5, 0.6) is 0 Å². The van der Waals surface area contributed by atoms with Crippen LogP contribution >= 0.6 is 0 Å². The summed E-state index contributed by atoms with van der Waals surface area (Å²) in [5.74, 6) is 0. The molecule has 0 bridgehead atoms. The minimum Gasteiger partial charge on any atom is -0.378 e. The first-order chi connectivity index (χ1) is 8.35. The molecule has 0 amide bonds. The summed E-state index contributed by atoms with van der Waals surface area (Å²) in [4.78, 5) is 13.2. The van der Waals surface area contributed by atoms with Gasteiger partial charge in [0.2, 0.25) is 0 Å². The third-order valence-corrected chi connectivity index (χ3v) is 3.09. The van der Waals surface area contributed by atoms with Crippen molar-refractivity contribution in [3.8, 4) is 0 Å². The van der Waals surface area contributed by atoms with Gasteiger partial charge in [-0.1, -0.05) is 5.21 Å². The van der Waals surface area contributed by atoms with Gasteiger partial charge in [0, 0.05) is 13.7 Å². The average molecular weight is 238 g/mol. The molecule has 0 atom stereocenters. The van der Waals surface area contributed by atoms with Crippen LogP contribution in [0.4, 0.5) is 0 Å². The Hall–Kier alpha value is -1.27. The molecule has 0 radical (unpaired) electrons. The second kappa shape index (κ2) is 5.88. The highest BCUT2D eigenvalue weighted by molar-refractivity contribution is 5.73. The Bertz CT molecular complexity index is 372. The second-order valence-corrected chi connectivity index (χ2v) is 4.24. The van der Waals surface area contributed by atoms with Crippen molar-refractivity contribution in [3.63, 3.8) is 0 Å². The number of rotatable bonds is 6. The topological polar surface area (TPSA) is 60.2 Å². The molecule has 1 aliphatic heterocycles. The molecule has 1 saturated heterocycles. The van der Waals surface area contributed by atoms with Gasteiger partial charge in [-0.15, -0.1) is 5.10 Å². The molecule has 2 heterocycles. The number of hydrogen-bond acceptors (Lipinski definition) is 5. The van der Waals surface area contributed by atoms with Crippen molar-refractivity contribution < 1.29 is 9.53 Å². The summed E-state index contributed by atoms with van der Waals surface area (Å²) in [6, 6.07) is 0. The van der Waals surface area contributed by atoms with E-state index in [1.165, 1.54) is 12.8 Å². The maximum absolute atomic E-state index is 10.8. The Morgan fingerprint density at radius 3 is 2.76 bits per heavy atom. The van der Waals surface area contributed by atoms with E-state index in [1.807, 2.05) is 0 Å². The standard InChI is InChI=1S/C11H18N4O2/c1-17-9-11-10(8-16)12-13-15(11)7-6-14-4-2-3-5-14/h8H,2-7,9H2,1H3. The van der Waals surface area contributed by atoms with Crippen LogP contribution < -0.4 is 0 Å². The number of methoxy groups -OCH3 is 1. The molecular formula is C11H18N4O2. The fourth-order valence-electron chi connectivity index (χ4n) is 2.14. The summed E-state index contributed by atoms with van der Waals surface area (Å²) in [6.07, 6.45) is 3.29. The Kier molecular flexibility index (Phi) is 4.22. The van der Waals surface area contributed by atoms with Gasteiger partial charge in [0.05, 0.1) is 18.8 Å². The highest BCUT2D eigenvalue weighted by Gasteiger charge is 2.15. The highest BCUT2D eigenvalue weighted by Crippen LogP contribution is 2.09. The van der Waals surface area contributed by atoms with Gasteiger partial charge in [-0.05, 0) is 25.9 Å². The molecule has 0 N–H and O–H groups in total. The lowest BCUT2D eigenvalue weighted by molar-refractivity contribution is 0.111. The molecule has 6 nitrogen and oxygen atoms in total. The Morgan fingerprint density at radius 2 is 2.12 bits per heavy atom. The summed E-state index contributed by atoms with van der Waals surface area (Å²) < 4.78 is 6.84. The molecule has 1 aliphatic rings. The SMILES string of the molecule is COCc1c(C=O)nnn1CCN1CCCC1. The van der Waals surface area contributed by atoms with Crippen LogP contribution in [0.1, 0.15) is 29.0 Å². The average Bonchev–Trinajstić information content (AvgIpc) is 2.96. The van der Waals surface area contributed by atoms with Crippen LogP contribution in [-0.4, -0.2) is 52.9 Å². The first-order valence-electron chi connectivity index (χ1n) is 5.94. The first-order valence-corrected chi connectivity index (χ1v) is 5.94. The fourth-order valence-corrected chi connectivity index (χ4v) is 2.14. The Labute approximate surface area is 101 Å². The maximum atomic E-state index is 10.8. The third-order valence-electron chi connectivity index (χ3n) is 3.09. The van der Waals surface area contributed by atoms with E-state index in [1.54, 1.807) is 11.8 Å². The molecule has 1 fully saturated rings. The van der Waals surface area contributed by atoms with E-state index in [-0.39, 0.29) is 0 Å². The lowest BCUT2D eigenvalue weighted by atomic mass is 10.3. The van der Waals surface area contributed by atoms with Crippen LogP contribution in [0, 0.1) is 0 Å². The molecular weight excluding hydrogens is 220 g/mol. The molecule has 17 heavy (non-hydrogen) atoms. The van der Waals surface area contributed by atoms with Crippen LogP contribution in [-0.2, 0) is 17.9 Å². The summed E-state index contributed by atoms with van der Waals surface area (Å²) in [5.41, 5.74) is 1.15. The number of likely N-dealkylation sites (tertiary alicyclic amines) is 1. The number of carbonyl (C=O) groups is 1. The molecule has 0 aromatic carbocycles. The van der Waals surface area contributed by atoms with Crippen LogP contribution in [0.25, 0.3) is 0 Å². The highest BCUT2D eigenvalue weighted by atomic mass is 16.5. The van der Waals surface area contributed by atoms with Gasteiger partial charge in [-0.3, -0.25) is 4.79 Å². The molecule has 94 valence electrons. The van der Waals surface area contributed by atoms with Crippen molar-refractivity contribution in [2.45, 2.75) is 26.0 Å². The second-order valence-electron chi connectivity index (χ2n) is 4.24. The molecule has 1 aromatic heterocycles. The van der Waals surface area contributed by atoms with Gasteiger partial charge in [-0.2, -0.15) is 0 Å². The van der Waals surface area contributed by atoms with Crippen molar-refractivity contribution in [1.29, 1.82) is 0 Å². The lowest BCUT2D eigenvalue weighted by Crippen LogP contribution is -2.25. The predicted octanol–water partition coefficient (Wildman–Crippen LogP) is 0.333. The van der Waals surface area contributed by atoms with E-state index in [4.69, 9.17) is 4.74 Å². The Morgan fingerprint density at radius 1 is 1.35 bits per heavy atom. The van der Waals surface area contributed by atoms with Gasteiger partial charge in [-0.25, -0.2) is 4.68 Å². The normalized spacial score (nSPS) is 16.5. The number of carbonyl (C=O) groups excluding carboxylic acids is 1. The quantitative estimate of drug-likeness (QED) is 0.668. The van der Waals surface area contributed by atoms with Gasteiger partial charge >= 0.3 is 0 Å². The van der Waals surface area contributed by atoms with Crippen molar-refractivity contribution in [2.75, 3.05) is 26.7 Å². The smallest absolute Gasteiger partial charge is 0.172 e. The number of aromatic nitrogens is 3. The van der Waals surface area contributed by atoms with Gasteiger partial charge < -0.3 is 9.64 Å². The third kappa shape index (κ3) is 2.89. The molecule has 6 heteroatoms. The maximum Gasteiger partial charge on any atom is 0.172 e. The molecule has 1 aromatic rings. The van der Waals surface area contributed by atoms with Crippen molar-refractivity contribution in [1.82, 2.24) is 19.9 Å². The minimum absolute atomic E-state index is 0.376. The molecule has 0 aliphatic carbocycles. The van der Waals surface area contributed by atoms with Gasteiger partial charge in [0.1, 0.15) is 0 Å².